The molecule has 42 heavy (non-hydrogen) atoms. The molecule has 0 unspecified atom stereocenters. The van der Waals surface area contributed by atoms with Crippen LogP contribution in [0.3, 0.4) is 0 Å². The monoisotopic (exact) mass is 580 g/mol. The molecular weight excluding hydrogens is 532 g/mol. The Morgan fingerprint density at radius 3 is 1.21 bits per heavy atom. The van der Waals surface area contributed by atoms with E-state index in [0.717, 1.165) is 59.0 Å². The average Bonchev–Trinajstić information content (AvgIpc) is 2.98. The van der Waals surface area contributed by atoms with E-state index in [1.165, 1.54) is 64.8 Å². The molecule has 2 heterocycles. The van der Waals surface area contributed by atoms with E-state index in [9.17, 15) is 19.2 Å². The quantitative estimate of drug-likeness (QED) is 0.193. The van der Waals surface area contributed by atoms with Crippen LogP contribution in [0.25, 0.3) is 0 Å². The van der Waals surface area contributed by atoms with Crippen LogP contribution in [0.15, 0.2) is 55.6 Å². The van der Waals surface area contributed by atoms with Gasteiger partial charge in [-0.3, -0.25) is 28.7 Å². The lowest BCUT2D eigenvalue weighted by Gasteiger charge is -2.27. The van der Waals surface area contributed by atoms with Crippen molar-refractivity contribution in [2.45, 2.75) is 90.9 Å². The molecule has 230 valence electrons. The summed E-state index contributed by atoms with van der Waals surface area (Å²) in [7, 11) is 2.91. The zero-order chi connectivity index (χ0) is 30.5. The standard InChI is InChI=1S/C32H48N6O4/c1-5-7-9-11-13-15-21-37(27-23-29(39)35(3)31(41)33-27)25-17-19-26(20-18-25)38(22-16-14-12-10-8-6-2)28-24-30(40)36(4)32(42)34-28/h17-20,23-24H,5-16,21-22H2,1-4H3,(H,33,41)(H,34,42). The summed E-state index contributed by atoms with van der Waals surface area (Å²) in [5, 5.41) is 0. The second-order valence-electron chi connectivity index (χ2n) is 11.1. The fourth-order valence-corrected chi connectivity index (χ4v) is 5.07. The van der Waals surface area contributed by atoms with Gasteiger partial charge in [0, 0.05) is 50.7 Å². The van der Waals surface area contributed by atoms with E-state index in [4.69, 9.17) is 0 Å². The molecule has 0 aliphatic carbocycles. The molecule has 2 N–H and O–H groups in total. The Kier molecular flexibility index (Phi) is 12.9. The van der Waals surface area contributed by atoms with Crippen LogP contribution in [0.5, 0.6) is 0 Å². The van der Waals surface area contributed by atoms with Gasteiger partial charge >= 0.3 is 11.4 Å². The smallest absolute Gasteiger partial charge is 0.328 e. The van der Waals surface area contributed by atoms with Crippen molar-refractivity contribution in [3.05, 3.63) is 78.1 Å². The first-order chi connectivity index (χ1) is 20.3. The minimum atomic E-state index is -0.457. The predicted octanol–water partition coefficient (Wildman–Crippen LogP) is 5.46. The van der Waals surface area contributed by atoms with Crippen LogP contribution in [-0.2, 0) is 14.1 Å². The van der Waals surface area contributed by atoms with Crippen molar-refractivity contribution in [2.75, 3.05) is 22.9 Å². The summed E-state index contributed by atoms with van der Waals surface area (Å²) in [4.78, 5) is 59.4. The van der Waals surface area contributed by atoms with Gasteiger partial charge in [0.2, 0.25) is 0 Å². The lowest BCUT2D eigenvalue weighted by atomic mass is 10.1. The summed E-state index contributed by atoms with van der Waals surface area (Å²) in [5.41, 5.74) is 0.0426. The van der Waals surface area contributed by atoms with Gasteiger partial charge in [0.1, 0.15) is 11.6 Å². The fraction of sp³-hybridized carbons (Fsp3) is 0.562. The molecule has 0 radical (unpaired) electrons. The van der Waals surface area contributed by atoms with Gasteiger partial charge < -0.3 is 9.80 Å². The Labute approximate surface area is 248 Å². The van der Waals surface area contributed by atoms with Crippen LogP contribution in [0.1, 0.15) is 90.9 Å². The van der Waals surface area contributed by atoms with Crippen LogP contribution < -0.4 is 32.3 Å². The molecule has 10 nitrogen and oxygen atoms in total. The number of aromatic nitrogens is 4. The summed E-state index contributed by atoms with van der Waals surface area (Å²) in [6.07, 6.45) is 13.5. The second-order valence-corrected chi connectivity index (χ2v) is 11.1. The van der Waals surface area contributed by atoms with E-state index in [-0.39, 0.29) is 11.1 Å². The molecule has 0 aliphatic rings. The normalized spacial score (nSPS) is 11.1. The number of hydrogen-bond acceptors (Lipinski definition) is 6. The number of H-pyrrole nitrogens is 2. The average molecular weight is 581 g/mol. The van der Waals surface area contributed by atoms with Crippen LogP contribution in [0.2, 0.25) is 0 Å². The summed E-state index contributed by atoms with van der Waals surface area (Å²) in [5.74, 6) is 0.924. The van der Waals surface area contributed by atoms with E-state index >= 15 is 0 Å². The van der Waals surface area contributed by atoms with Crippen LogP contribution >= 0.6 is 0 Å². The molecule has 0 aliphatic heterocycles. The lowest BCUT2D eigenvalue weighted by molar-refractivity contribution is 0.607. The molecule has 0 amide bonds. The molecule has 0 saturated carbocycles. The van der Waals surface area contributed by atoms with Crippen LogP contribution in [0.4, 0.5) is 23.0 Å². The second kappa shape index (κ2) is 16.6. The molecule has 2 aromatic heterocycles. The van der Waals surface area contributed by atoms with Gasteiger partial charge in [0.25, 0.3) is 11.1 Å². The maximum atomic E-state index is 12.5. The van der Waals surface area contributed by atoms with Gasteiger partial charge in [0.05, 0.1) is 0 Å². The van der Waals surface area contributed by atoms with E-state index in [1.807, 2.05) is 34.1 Å². The Hall–Kier alpha value is -3.82. The molecule has 0 fully saturated rings. The maximum Gasteiger partial charge on any atom is 0.329 e. The fourth-order valence-electron chi connectivity index (χ4n) is 5.07. The highest BCUT2D eigenvalue weighted by Crippen LogP contribution is 2.29. The number of rotatable bonds is 18. The number of benzene rings is 1. The van der Waals surface area contributed by atoms with Crippen molar-refractivity contribution in [1.82, 2.24) is 19.1 Å². The first-order valence-corrected chi connectivity index (χ1v) is 15.5. The molecule has 0 atom stereocenters. The third-order valence-corrected chi connectivity index (χ3v) is 7.79. The number of anilines is 4. The number of unbranched alkanes of at least 4 members (excludes halogenated alkanes) is 10. The Bertz CT molecular complexity index is 1310. The Morgan fingerprint density at radius 1 is 0.548 bits per heavy atom. The highest BCUT2D eigenvalue weighted by atomic mass is 16.2. The van der Waals surface area contributed by atoms with Crippen molar-refractivity contribution >= 4 is 23.0 Å². The Morgan fingerprint density at radius 2 is 0.881 bits per heavy atom. The van der Waals surface area contributed by atoms with Crippen molar-refractivity contribution in [3.63, 3.8) is 0 Å². The highest BCUT2D eigenvalue weighted by Gasteiger charge is 2.16. The van der Waals surface area contributed by atoms with Crippen LogP contribution in [0, 0.1) is 0 Å². The van der Waals surface area contributed by atoms with Crippen molar-refractivity contribution in [2.24, 2.45) is 14.1 Å². The van der Waals surface area contributed by atoms with Crippen molar-refractivity contribution < 1.29 is 0 Å². The third-order valence-electron chi connectivity index (χ3n) is 7.79. The molecule has 0 saturated heterocycles. The topological polar surface area (TPSA) is 116 Å². The number of hydrogen-bond donors (Lipinski definition) is 2. The third kappa shape index (κ3) is 9.09. The molecule has 1 aromatic carbocycles. The first kappa shape index (κ1) is 32.7. The van der Waals surface area contributed by atoms with E-state index in [1.54, 1.807) is 0 Å². The SMILES string of the molecule is CCCCCCCCN(c1ccc(N(CCCCCCCC)c2cc(=O)n(C)c(=O)[nH]2)cc1)c1cc(=O)n(C)c(=O)[nH]1. The molecule has 0 bridgehead atoms. The van der Waals surface area contributed by atoms with Gasteiger partial charge in [-0.05, 0) is 37.1 Å². The van der Waals surface area contributed by atoms with Crippen LogP contribution in [-0.4, -0.2) is 32.2 Å². The summed E-state index contributed by atoms with van der Waals surface area (Å²) < 4.78 is 2.11. The van der Waals surface area contributed by atoms with Gasteiger partial charge in [-0.15, -0.1) is 0 Å². The molecule has 0 spiro atoms. The first-order valence-electron chi connectivity index (χ1n) is 15.5. The van der Waals surface area contributed by atoms with Gasteiger partial charge in [-0.25, -0.2) is 9.59 Å². The van der Waals surface area contributed by atoms with Gasteiger partial charge in [-0.2, -0.15) is 0 Å². The van der Waals surface area contributed by atoms with E-state index in [0.29, 0.717) is 24.7 Å². The molecule has 3 aromatic rings. The van der Waals surface area contributed by atoms with E-state index < -0.39 is 11.4 Å². The zero-order valence-electron chi connectivity index (χ0n) is 25.8. The molecule has 3 rings (SSSR count). The summed E-state index contributed by atoms with van der Waals surface area (Å²) in [6, 6.07) is 10.7. The number of nitrogens with zero attached hydrogens (tertiary/aromatic N) is 4. The summed E-state index contributed by atoms with van der Waals surface area (Å²) in [6.45, 7) is 5.69. The minimum Gasteiger partial charge on any atom is -0.328 e. The predicted molar refractivity (Wildman–Crippen MR) is 172 cm³/mol. The largest absolute Gasteiger partial charge is 0.329 e. The van der Waals surface area contributed by atoms with Gasteiger partial charge in [-0.1, -0.05) is 78.1 Å². The number of nitrogens with one attached hydrogen (secondary N) is 2. The minimum absolute atomic E-state index is 0.363. The Balaban J connectivity index is 1.89. The molecular formula is C32H48N6O4. The number of aromatic amines is 2. The van der Waals surface area contributed by atoms with Crippen molar-refractivity contribution in [3.8, 4) is 0 Å². The summed E-state index contributed by atoms with van der Waals surface area (Å²) >= 11 is 0. The zero-order valence-corrected chi connectivity index (χ0v) is 25.8. The maximum absolute atomic E-state index is 12.5. The molecule has 10 heteroatoms. The lowest BCUT2D eigenvalue weighted by Crippen LogP contribution is -2.35. The van der Waals surface area contributed by atoms with Gasteiger partial charge in [0.15, 0.2) is 0 Å². The van der Waals surface area contributed by atoms with E-state index in [2.05, 4.69) is 23.8 Å². The highest BCUT2D eigenvalue weighted by molar-refractivity contribution is 5.66. The van der Waals surface area contributed by atoms with Crippen molar-refractivity contribution in [1.29, 1.82) is 0 Å².